The van der Waals surface area contributed by atoms with Gasteiger partial charge in [0.05, 0.1) is 0 Å². The number of thioether (sulfide) groups is 1. The van der Waals surface area contributed by atoms with E-state index in [0.29, 0.717) is 16.4 Å². The first kappa shape index (κ1) is 23.4. The lowest BCUT2D eigenvalue weighted by atomic mass is 10.1. The van der Waals surface area contributed by atoms with Gasteiger partial charge in [-0.1, -0.05) is 54.1 Å². The van der Waals surface area contributed by atoms with Gasteiger partial charge in [-0.3, -0.25) is 9.52 Å². The summed E-state index contributed by atoms with van der Waals surface area (Å²) < 4.78 is 27.7. The quantitative estimate of drug-likeness (QED) is 0.257. The topological polar surface area (TPSA) is 75.3 Å². The number of anilines is 2. The minimum atomic E-state index is -3.61. The molecule has 0 saturated heterocycles. The largest absolute Gasteiger partial charge is 0.325 e. The summed E-state index contributed by atoms with van der Waals surface area (Å²) in [6.07, 6.45) is 0. The Hall–Kier alpha value is -2.78. The molecule has 4 aromatic rings. The number of sulfonamides is 1. The molecule has 1 heterocycles. The molecule has 0 aliphatic heterocycles. The van der Waals surface area contributed by atoms with E-state index in [1.54, 1.807) is 66.0 Å². The zero-order valence-electron chi connectivity index (χ0n) is 17.1. The minimum absolute atomic E-state index is 0.184. The maximum absolute atomic E-state index is 13.1. The SMILES string of the molecule is O=C(Nc1cccc(Cl)c1)C(Sc1ccc(NS(=O)(=O)c2cccs2)cc1)c1ccccc1. The highest BCUT2D eigenvalue weighted by Crippen LogP contribution is 2.37. The minimum Gasteiger partial charge on any atom is -0.325 e. The van der Waals surface area contributed by atoms with Crippen molar-refractivity contribution >= 4 is 62.0 Å². The van der Waals surface area contributed by atoms with Gasteiger partial charge in [-0.05, 0) is 59.5 Å². The van der Waals surface area contributed by atoms with Crippen LogP contribution in [0.1, 0.15) is 10.8 Å². The lowest BCUT2D eigenvalue weighted by molar-refractivity contribution is -0.115. The van der Waals surface area contributed by atoms with Gasteiger partial charge in [0.25, 0.3) is 10.0 Å². The molecule has 0 bridgehead atoms. The molecule has 0 aliphatic carbocycles. The van der Waals surface area contributed by atoms with Crippen molar-refractivity contribution < 1.29 is 13.2 Å². The molecule has 4 rings (SSSR count). The third-order valence-electron chi connectivity index (χ3n) is 4.55. The summed E-state index contributed by atoms with van der Waals surface area (Å²) in [5, 5.41) is 4.66. The first-order valence-corrected chi connectivity index (χ1v) is 13.5. The Bertz CT molecular complexity index is 1330. The molecule has 1 aromatic heterocycles. The summed E-state index contributed by atoms with van der Waals surface area (Å²) in [5.74, 6) is -0.184. The summed E-state index contributed by atoms with van der Waals surface area (Å²) in [6.45, 7) is 0. The van der Waals surface area contributed by atoms with Crippen molar-refractivity contribution in [2.45, 2.75) is 14.4 Å². The summed E-state index contributed by atoms with van der Waals surface area (Å²) >= 11 is 8.58. The van der Waals surface area contributed by atoms with E-state index in [0.717, 1.165) is 21.8 Å². The van der Waals surface area contributed by atoms with E-state index in [1.807, 2.05) is 30.3 Å². The van der Waals surface area contributed by atoms with Crippen LogP contribution in [0.3, 0.4) is 0 Å². The molecule has 1 amide bonds. The lowest BCUT2D eigenvalue weighted by Gasteiger charge is -2.17. The second kappa shape index (κ2) is 10.4. The fraction of sp³-hybridized carbons (Fsp3) is 0.0417. The number of carbonyl (C=O) groups is 1. The average Bonchev–Trinajstić information content (AvgIpc) is 3.35. The highest BCUT2D eigenvalue weighted by Gasteiger charge is 2.22. The number of carbonyl (C=O) groups excluding carboxylic acids is 1. The molecule has 0 fully saturated rings. The van der Waals surface area contributed by atoms with E-state index < -0.39 is 15.3 Å². The zero-order chi connectivity index (χ0) is 23.3. The van der Waals surface area contributed by atoms with Gasteiger partial charge in [0.2, 0.25) is 5.91 Å². The molecular formula is C24H19ClN2O3S3. The molecule has 1 atom stereocenters. The Labute approximate surface area is 205 Å². The first-order chi connectivity index (χ1) is 15.9. The van der Waals surface area contributed by atoms with E-state index in [-0.39, 0.29) is 10.1 Å². The average molecular weight is 515 g/mol. The van der Waals surface area contributed by atoms with Crippen molar-refractivity contribution in [2.24, 2.45) is 0 Å². The van der Waals surface area contributed by atoms with Gasteiger partial charge in [0.1, 0.15) is 9.46 Å². The summed E-state index contributed by atoms with van der Waals surface area (Å²) in [5.41, 5.74) is 1.92. The van der Waals surface area contributed by atoms with Gasteiger partial charge in [-0.15, -0.1) is 23.1 Å². The van der Waals surface area contributed by atoms with Crippen LogP contribution < -0.4 is 10.0 Å². The van der Waals surface area contributed by atoms with Crippen LogP contribution in [-0.2, 0) is 14.8 Å². The molecular weight excluding hydrogens is 496 g/mol. The second-order valence-electron chi connectivity index (χ2n) is 6.97. The van der Waals surface area contributed by atoms with Crippen molar-refractivity contribution in [3.05, 3.63) is 107 Å². The van der Waals surface area contributed by atoms with E-state index in [1.165, 1.54) is 11.8 Å². The number of hydrogen-bond acceptors (Lipinski definition) is 5. The molecule has 0 spiro atoms. The summed E-state index contributed by atoms with van der Waals surface area (Å²) in [7, 11) is -3.61. The number of amides is 1. The first-order valence-electron chi connectivity index (χ1n) is 9.85. The highest BCUT2D eigenvalue weighted by molar-refractivity contribution is 8.00. The van der Waals surface area contributed by atoms with Crippen LogP contribution in [0.5, 0.6) is 0 Å². The van der Waals surface area contributed by atoms with Crippen LogP contribution in [0.4, 0.5) is 11.4 Å². The number of nitrogens with one attached hydrogen (secondary N) is 2. The molecule has 168 valence electrons. The molecule has 5 nitrogen and oxygen atoms in total. The van der Waals surface area contributed by atoms with Crippen molar-refractivity contribution in [1.82, 2.24) is 0 Å². The summed E-state index contributed by atoms with van der Waals surface area (Å²) in [4.78, 5) is 14.0. The van der Waals surface area contributed by atoms with Crippen LogP contribution in [0.15, 0.2) is 105 Å². The number of halogens is 1. The Kier molecular flexibility index (Phi) is 7.39. The van der Waals surface area contributed by atoms with Crippen molar-refractivity contribution in [2.75, 3.05) is 10.0 Å². The Morgan fingerprint density at radius 2 is 1.64 bits per heavy atom. The number of benzene rings is 3. The van der Waals surface area contributed by atoms with Crippen molar-refractivity contribution in [3.63, 3.8) is 0 Å². The van der Waals surface area contributed by atoms with E-state index in [2.05, 4.69) is 10.0 Å². The lowest BCUT2D eigenvalue weighted by Crippen LogP contribution is -2.19. The fourth-order valence-electron chi connectivity index (χ4n) is 3.03. The normalized spacial score (nSPS) is 12.2. The van der Waals surface area contributed by atoms with Gasteiger partial charge < -0.3 is 5.32 Å². The predicted octanol–water partition coefficient (Wildman–Crippen LogP) is 6.67. The van der Waals surface area contributed by atoms with Crippen LogP contribution in [-0.4, -0.2) is 14.3 Å². The fourth-order valence-corrected chi connectivity index (χ4v) is 6.30. The number of hydrogen-bond donors (Lipinski definition) is 2. The zero-order valence-corrected chi connectivity index (χ0v) is 20.3. The molecule has 9 heteroatoms. The second-order valence-corrected chi connectivity index (χ2v) is 11.4. The van der Waals surface area contributed by atoms with Crippen LogP contribution in [0.2, 0.25) is 5.02 Å². The molecule has 33 heavy (non-hydrogen) atoms. The highest BCUT2D eigenvalue weighted by atomic mass is 35.5. The van der Waals surface area contributed by atoms with Crippen LogP contribution in [0, 0.1) is 0 Å². The van der Waals surface area contributed by atoms with E-state index in [9.17, 15) is 13.2 Å². The Balaban J connectivity index is 1.52. The maximum atomic E-state index is 13.1. The number of thiophene rings is 1. The van der Waals surface area contributed by atoms with Gasteiger partial charge in [-0.25, -0.2) is 8.42 Å². The molecule has 1 unspecified atom stereocenters. The molecule has 0 radical (unpaired) electrons. The Morgan fingerprint density at radius 1 is 0.879 bits per heavy atom. The van der Waals surface area contributed by atoms with Gasteiger partial charge in [0.15, 0.2) is 0 Å². The standard InChI is InChI=1S/C24H19ClN2O3S3/c25-18-8-4-9-20(16-18)26-24(28)23(17-6-2-1-3-7-17)32-21-13-11-19(12-14-21)27-33(29,30)22-10-5-15-31-22/h1-16,23,27H,(H,26,28). The van der Waals surface area contributed by atoms with Gasteiger partial charge in [0, 0.05) is 21.3 Å². The van der Waals surface area contributed by atoms with E-state index in [4.69, 9.17) is 11.6 Å². The van der Waals surface area contributed by atoms with Crippen molar-refractivity contribution in [1.29, 1.82) is 0 Å². The van der Waals surface area contributed by atoms with Crippen molar-refractivity contribution in [3.8, 4) is 0 Å². The van der Waals surface area contributed by atoms with E-state index >= 15 is 0 Å². The predicted molar refractivity (Wildman–Crippen MR) is 137 cm³/mol. The monoisotopic (exact) mass is 514 g/mol. The third-order valence-corrected chi connectivity index (χ3v) is 8.83. The van der Waals surface area contributed by atoms with Gasteiger partial charge in [-0.2, -0.15) is 0 Å². The molecule has 3 aromatic carbocycles. The molecule has 0 saturated carbocycles. The van der Waals surface area contributed by atoms with Crippen LogP contribution >= 0.6 is 34.7 Å². The number of rotatable bonds is 8. The van der Waals surface area contributed by atoms with Gasteiger partial charge >= 0.3 is 0 Å². The third kappa shape index (κ3) is 6.17. The molecule has 2 N–H and O–H groups in total. The maximum Gasteiger partial charge on any atom is 0.271 e. The van der Waals surface area contributed by atoms with Crippen LogP contribution in [0.25, 0.3) is 0 Å². The molecule has 0 aliphatic rings. The Morgan fingerprint density at radius 3 is 2.30 bits per heavy atom. The smallest absolute Gasteiger partial charge is 0.271 e. The summed E-state index contributed by atoms with van der Waals surface area (Å²) in [6, 6.07) is 26.7.